The molecule has 1 rings (SSSR count). The lowest BCUT2D eigenvalue weighted by Gasteiger charge is -2.11. The number of hydroxylamine groups is 1. The Bertz CT molecular complexity index is 182. The third-order valence-corrected chi connectivity index (χ3v) is 2.48. The van der Waals surface area contributed by atoms with Gasteiger partial charge < -0.3 is 10.1 Å². The van der Waals surface area contributed by atoms with Gasteiger partial charge in [-0.15, -0.1) is 0 Å². The number of ether oxygens (including phenoxy) is 1. The molecule has 15 heavy (non-hydrogen) atoms. The standard InChI is InChI=1S/C10H20N2O3/c1-14-6-7-15-12-10(13)8-11-9-4-2-3-5-9/h9,11H,2-8H2,1H3,(H,12,13). The fraction of sp³-hybridized carbons (Fsp3) is 0.900. The Morgan fingerprint density at radius 1 is 1.33 bits per heavy atom. The molecule has 0 radical (unpaired) electrons. The number of carbonyl (C=O) groups excluding carboxylic acids is 1. The van der Waals surface area contributed by atoms with Crippen LogP contribution in [0.15, 0.2) is 0 Å². The number of nitrogens with one attached hydrogen (secondary N) is 2. The topological polar surface area (TPSA) is 59.6 Å². The fourth-order valence-corrected chi connectivity index (χ4v) is 1.66. The molecule has 0 heterocycles. The predicted molar refractivity (Wildman–Crippen MR) is 56.2 cm³/mol. The van der Waals surface area contributed by atoms with Gasteiger partial charge in [0, 0.05) is 13.2 Å². The molecule has 5 heteroatoms. The van der Waals surface area contributed by atoms with Crippen LogP contribution in [0.5, 0.6) is 0 Å². The first-order valence-corrected chi connectivity index (χ1v) is 5.46. The van der Waals surface area contributed by atoms with Gasteiger partial charge in [0.05, 0.1) is 19.8 Å². The second-order valence-electron chi connectivity index (χ2n) is 3.73. The van der Waals surface area contributed by atoms with Crippen LogP contribution in [-0.2, 0) is 14.4 Å². The highest BCUT2D eigenvalue weighted by Crippen LogP contribution is 2.16. The highest BCUT2D eigenvalue weighted by molar-refractivity contribution is 5.76. The van der Waals surface area contributed by atoms with E-state index in [-0.39, 0.29) is 5.91 Å². The lowest BCUT2D eigenvalue weighted by atomic mass is 10.2. The summed E-state index contributed by atoms with van der Waals surface area (Å²) in [5.74, 6) is -0.127. The van der Waals surface area contributed by atoms with Crippen LogP contribution in [0.1, 0.15) is 25.7 Å². The molecular formula is C10H20N2O3. The van der Waals surface area contributed by atoms with Crippen molar-refractivity contribution in [3.63, 3.8) is 0 Å². The van der Waals surface area contributed by atoms with Crippen LogP contribution in [0.25, 0.3) is 0 Å². The molecule has 1 aliphatic carbocycles. The van der Waals surface area contributed by atoms with Crippen LogP contribution in [0.4, 0.5) is 0 Å². The summed E-state index contributed by atoms with van der Waals surface area (Å²) in [6.45, 7) is 1.19. The Morgan fingerprint density at radius 3 is 2.73 bits per heavy atom. The lowest BCUT2D eigenvalue weighted by molar-refractivity contribution is -0.133. The minimum absolute atomic E-state index is 0.127. The Labute approximate surface area is 90.5 Å². The minimum Gasteiger partial charge on any atom is -0.382 e. The van der Waals surface area contributed by atoms with Crippen molar-refractivity contribution in [1.29, 1.82) is 0 Å². The predicted octanol–water partition coefficient (Wildman–Crippen LogP) is 0.213. The fourth-order valence-electron chi connectivity index (χ4n) is 1.66. The Kier molecular flexibility index (Phi) is 6.31. The summed E-state index contributed by atoms with van der Waals surface area (Å²) in [6.07, 6.45) is 4.89. The molecule has 0 bridgehead atoms. The largest absolute Gasteiger partial charge is 0.382 e. The van der Waals surface area contributed by atoms with Crippen LogP contribution in [0, 0.1) is 0 Å². The number of rotatable bonds is 7. The van der Waals surface area contributed by atoms with Gasteiger partial charge in [-0.05, 0) is 12.8 Å². The Hall–Kier alpha value is -0.650. The van der Waals surface area contributed by atoms with Crippen molar-refractivity contribution in [2.45, 2.75) is 31.7 Å². The molecule has 0 saturated heterocycles. The number of methoxy groups -OCH3 is 1. The summed E-state index contributed by atoms with van der Waals surface area (Å²) in [5.41, 5.74) is 2.36. The monoisotopic (exact) mass is 216 g/mol. The average Bonchev–Trinajstić information content (AvgIpc) is 2.74. The number of hydrogen-bond donors (Lipinski definition) is 2. The van der Waals surface area contributed by atoms with Gasteiger partial charge in [0.25, 0.3) is 5.91 Å². The molecule has 0 aromatic carbocycles. The van der Waals surface area contributed by atoms with Crippen LogP contribution in [0.3, 0.4) is 0 Å². The summed E-state index contributed by atoms with van der Waals surface area (Å²) in [7, 11) is 1.59. The zero-order chi connectivity index (χ0) is 10.9. The molecule has 1 amide bonds. The second-order valence-corrected chi connectivity index (χ2v) is 3.73. The summed E-state index contributed by atoms with van der Waals surface area (Å²) >= 11 is 0. The summed E-state index contributed by atoms with van der Waals surface area (Å²) in [6, 6.07) is 0.509. The first kappa shape index (κ1) is 12.4. The van der Waals surface area contributed by atoms with Gasteiger partial charge in [0.1, 0.15) is 0 Å². The summed E-state index contributed by atoms with van der Waals surface area (Å²) in [5, 5.41) is 3.20. The van der Waals surface area contributed by atoms with Crippen molar-refractivity contribution in [1.82, 2.24) is 10.8 Å². The minimum atomic E-state index is -0.127. The highest BCUT2D eigenvalue weighted by Gasteiger charge is 2.14. The SMILES string of the molecule is COCCONC(=O)CNC1CCCC1. The van der Waals surface area contributed by atoms with Crippen molar-refractivity contribution in [3.8, 4) is 0 Å². The molecule has 0 spiro atoms. The number of hydrogen-bond acceptors (Lipinski definition) is 4. The Morgan fingerprint density at radius 2 is 2.07 bits per heavy atom. The lowest BCUT2D eigenvalue weighted by Crippen LogP contribution is -2.38. The molecule has 0 aliphatic heterocycles. The van der Waals surface area contributed by atoms with Gasteiger partial charge in [0.2, 0.25) is 0 Å². The van der Waals surface area contributed by atoms with E-state index < -0.39 is 0 Å². The zero-order valence-electron chi connectivity index (χ0n) is 9.25. The maximum Gasteiger partial charge on any atom is 0.257 e. The molecule has 88 valence electrons. The van der Waals surface area contributed by atoms with E-state index in [0.29, 0.717) is 25.8 Å². The van der Waals surface area contributed by atoms with Crippen molar-refractivity contribution in [2.75, 3.05) is 26.9 Å². The van der Waals surface area contributed by atoms with Crippen LogP contribution >= 0.6 is 0 Å². The van der Waals surface area contributed by atoms with E-state index in [1.807, 2.05) is 0 Å². The molecule has 0 unspecified atom stereocenters. The van der Waals surface area contributed by atoms with Gasteiger partial charge in [-0.25, -0.2) is 5.48 Å². The van der Waals surface area contributed by atoms with Gasteiger partial charge in [0.15, 0.2) is 0 Å². The summed E-state index contributed by atoms with van der Waals surface area (Å²) < 4.78 is 4.77. The van der Waals surface area contributed by atoms with Gasteiger partial charge >= 0.3 is 0 Å². The van der Waals surface area contributed by atoms with Crippen molar-refractivity contribution < 1.29 is 14.4 Å². The molecule has 2 N–H and O–H groups in total. The quantitative estimate of drug-likeness (QED) is 0.472. The highest BCUT2D eigenvalue weighted by atomic mass is 16.7. The maximum atomic E-state index is 11.2. The third-order valence-electron chi connectivity index (χ3n) is 2.48. The van der Waals surface area contributed by atoms with Crippen molar-refractivity contribution in [3.05, 3.63) is 0 Å². The van der Waals surface area contributed by atoms with E-state index in [1.165, 1.54) is 25.7 Å². The van der Waals surface area contributed by atoms with E-state index >= 15 is 0 Å². The van der Waals surface area contributed by atoms with Crippen LogP contribution in [0.2, 0.25) is 0 Å². The maximum absolute atomic E-state index is 11.2. The first-order chi connectivity index (χ1) is 7.33. The van der Waals surface area contributed by atoms with Gasteiger partial charge in [-0.3, -0.25) is 9.63 Å². The normalized spacial score (nSPS) is 16.9. The Balaban J connectivity index is 1.93. The molecule has 0 aromatic heterocycles. The van der Waals surface area contributed by atoms with Crippen LogP contribution in [-0.4, -0.2) is 38.8 Å². The molecular weight excluding hydrogens is 196 g/mol. The zero-order valence-corrected chi connectivity index (χ0v) is 9.25. The number of carbonyl (C=O) groups is 1. The van der Waals surface area contributed by atoms with E-state index in [4.69, 9.17) is 9.57 Å². The van der Waals surface area contributed by atoms with E-state index in [1.54, 1.807) is 7.11 Å². The molecule has 0 atom stereocenters. The first-order valence-electron chi connectivity index (χ1n) is 5.46. The number of amides is 1. The second kappa shape index (κ2) is 7.62. The van der Waals surface area contributed by atoms with E-state index in [2.05, 4.69) is 10.8 Å². The summed E-state index contributed by atoms with van der Waals surface area (Å²) in [4.78, 5) is 16.1. The van der Waals surface area contributed by atoms with Crippen LogP contribution < -0.4 is 10.8 Å². The molecule has 1 aliphatic rings. The molecule has 1 fully saturated rings. The smallest absolute Gasteiger partial charge is 0.257 e. The molecule has 0 aromatic rings. The van der Waals surface area contributed by atoms with E-state index in [0.717, 1.165) is 0 Å². The van der Waals surface area contributed by atoms with Gasteiger partial charge in [-0.1, -0.05) is 12.8 Å². The molecule has 1 saturated carbocycles. The average molecular weight is 216 g/mol. The molecule has 5 nitrogen and oxygen atoms in total. The van der Waals surface area contributed by atoms with Crippen molar-refractivity contribution in [2.24, 2.45) is 0 Å². The van der Waals surface area contributed by atoms with Crippen molar-refractivity contribution >= 4 is 5.91 Å². The van der Waals surface area contributed by atoms with Gasteiger partial charge in [-0.2, -0.15) is 0 Å². The van der Waals surface area contributed by atoms with E-state index in [9.17, 15) is 4.79 Å². The third kappa shape index (κ3) is 5.71.